The van der Waals surface area contributed by atoms with Gasteiger partial charge in [-0.25, -0.2) is 0 Å². The van der Waals surface area contributed by atoms with Gasteiger partial charge in [0, 0.05) is 0 Å². The Hall–Kier alpha value is -1.49. The van der Waals surface area contributed by atoms with Crippen LogP contribution in [0.1, 0.15) is 11.1 Å². The van der Waals surface area contributed by atoms with Crippen LogP contribution in [-0.2, 0) is 0 Å². The molecule has 4 nitrogen and oxygen atoms in total. The van der Waals surface area contributed by atoms with Gasteiger partial charge in [-0.3, -0.25) is 0 Å². The Bertz CT molecular complexity index is 564. The van der Waals surface area contributed by atoms with Crippen LogP contribution < -0.4 is 10.5 Å². The van der Waals surface area contributed by atoms with Crippen LogP contribution in [-0.4, -0.2) is 12.3 Å². The van der Waals surface area contributed by atoms with E-state index >= 15 is 0 Å². The van der Waals surface area contributed by atoms with Crippen LogP contribution in [0.5, 0.6) is 5.75 Å². The lowest BCUT2D eigenvalue weighted by molar-refractivity contribution is 0.411. The molecular formula is C12H13BrN2O2. The highest BCUT2D eigenvalue weighted by Crippen LogP contribution is 2.39. The van der Waals surface area contributed by atoms with E-state index < -0.39 is 0 Å². The van der Waals surface area contributed by atoms with Crippen molar-refractivity contribution in [3.63, 3.8) is 0 Å². The molecule has 90 valence electrons. The van der Waals surface area contributed by atoms with Crippen LogP contribution in [0, 0.1) is 13.8 Å². The van der Waals surface area contributed by atoms with E-state index in [1.807, 2.05) is 19.9 Å². The molecule has 1 heterocycles. The number of aryl methyl sites for hydroxylation is 1. The third-order valence-corrected chi connectivity index (χ3v) is 3.74. The molecular weight excluding hydrogens is 284 g/mol. The summed E-state index contributed by atoms with van der Waals surface area (Å²) >= 11 is 3.52. The van der Waals surface area contributed by atoms with Crippen LogP contribution in [0.2, 0.25) is 0 Å². The minimum absolute atomic E-state index is 0.327. The second-order valence-electron chi connectivity index (χ2n) is 3.81. The third kappa shape index (κ3) is 1.91. The van der Waals surface area contributed by atoms with Crippen molar-refractivity contribution in [2.75, 3.05) is 12.8 Å². The zero-order valence-corrected chi connectivity index (χ0v) is 11.5. The van der Waals surface area contributed by atoms with Gasteiger partial charge in [0.05, 0.1) is 23.3 Å². The van der Waals surface area contributed by atoms with Crippen LogP contribution in [0.3, 0.4) is 0 Å². The zero-order chi connectivity index (χ0) is 12.6. The Kier molecular flexibility index (Phi) is 3.11. The van der Waals surface area contributed by atoms with E-state index in [0.717, 1.165) is 32.5 Å². The number of nitrogens with two attached hydrogens (primary N) is 1. The molecule has 0 bridgehead atoms. The number of nitrogens with zero attached hydrogens (tertiary/aromatic N) is 1. The monoisotopic (exact) mass is 296 g/mol. The van der Waals surface area contributed by atoms with Gasteiger partial charge in [-0.2, -0.15) is 0 Å². The fourth-order valence-electron chi connectivity index (χ4n) is 1.92. The van der Waals surface area contributed by atoms with Crippen molar-refractivity contribution < 1.29 is 9.26 Å². The van der Waals surface area contributed by atoms with Crippen molar-refractivity contribution in [3.05, 3.63) is 27.9 Å². The number of rotatable bonds is 2. The molecule has 0 aliphatic rings. The predicted octanol–water partition coefficient (Wildman–Crippen LogP) is 3.31. The molecule has 0 spiro atoms. The maximum atomic E-state index is 5.76. The summed E-state index contributed by atoms with van der Waals surface area (Å²) in [6.45, 7) is 4.01. The highest BCUT2D eigenvalue weighted by molar-refractivity contribution is 9.10. The van der Waals surface area contributed by atoms with Gasteiger partial charge in [0.1, 0.15) is 5.75 Å². The fourth-order valence-corrected chi connectivity index (χ4v) is 2.40. The summed E-state index contributed by atoms with van der Waals surface area (Å²) in [6, 6.07) is 1.96. The number of hydrogen-bond donors (Lipinski definition) is 1. The number of halogens is 1. The lowest BCUT2D eigenvalue weighted by Gasteiger charge is -2.13. The first-order chi connectivity index (χ1) is 8.06. The largest absolute Gasteiger partial charge is 0.496 e. The van der Waals surface area contributed by atoms with E-state index in [1.165, 1.54) is 0 Å². The standard InChI is InChI=1S/C12H13BrN2O2/c1-6-4-9(16-3)11(13)7(2)10(6)8-5-15-17-12(8)14/h4-5H,14H2,1-3H3. The van der Waals surface area contributed by atoms with Gasteiger partial charge in [0.25, 0.3) is 0 Å². The number of aromatic nitrogens is 1. The van der Waals surface area contributed by atoms with Gasteiger partial charge in [-0.15, -0.1) is 0 Å². The Morgan fingerprint density at radius 1 is 1.41 bits per heavy atom. The molecule has 0 saturated heterocycles. The van der Waals surface area contributed by atoms with Crippen LogP contribution >= 0.6 is 15.9 Å². The van der Waals surface area contributed by atoms with Crippen LogP contribution in [0.15, 0.2) is 21.3 Å². The van der Waals surface area contributed by atoms with Gasteiger partial charge in [0.15, 0.2) is 0 Å². The summed E-state index contributed by atoms with van der Waals surface area (Å²) in [6.07, 6.45) is 1.63. The average molecular weight is 297 g/mol. The second-order valence-corrected chi connectivity index (χ2v) is 4.61. The summed E-state index contributed by atoms with van der Waals surface area (Å²) in [7, 11) is 1.65. The van der Waals surface area contributed by atoms with Crippen molar-refractivity contribution in [2.24, 2.45) is 0 Å². The SMILES string of the molecule is COc1cc(C)c(-c2cnoc2N)c(C)c1Br. The highest BCUT2D eigenvalue weighted by Gasteiger charge is 2.17. The van der Waals surface area contributed by atoms with Crippen molar-refractivity contribution >= 4 is 21.8 Å². The molecule has 0 fully saturated rings. The molecule has 2 N–H and O–H groups in total. The Morgan fingerprint density at radius 2 is 2.12 bits per heavy atom. The molecule has 0 aliphatic carbocycles. The number of benzene rings is 1. The topological polar surface area (TPSA) is 61.3 Å². The average Bonchev–Trinajstić information content (AvgIpc) is 2.70. The van der Waals surface area contributed by atoms with E-state index in [4.69, 9.17) is 15.0 Å². The smallest absolute Gasteiger partial charge is 0.229 e. The molecule has 1 aromatic heterocycles. The molecule has 5 heteroatoms. The highest BCUT2D eigenvalue weighted by atomic mass is 79.9. The maximum absolute atomic E-state index is 5.76. The summed E-state index contributed by atoms with van der Waals surface area (Å²) in [5, 5.41) is 3.71. The number of methoxy groups -OCH3 is 1. The molecule has 1 aromatic carbocycles. The lowest BCUT2D eigenvalue weighted by atomic mass is 9.97. The number of anilines is 1. The number of hydrogen-bond acceptors (Lipinski definition) is 4. The minimum atomic E-state index is 0.327. The third-order valence-electron chi connectivity index (χ3n) is 2.75. The van der Waals surface area contributed by atoms with Gasteiger partial charge in [-0.05, 0) is 52.5 Å². The van der Waals surface area contributed by atoms with E-state index in [9.17, 15) is 0 Å². The Balaban J connectivity index is 2.72. The molecule has 0 amide bonds. The predicted molar refractivity (Wildman–Crippen MR) is 70.1 cm³/mol. The Morgan fingerprint density at radius 3 is 2.65 bits per heavy atom. The van der Waals surface area contributed by atoms with Crippen LogP contribution in [0.25, 0.3) is 11.1 Å². The fraction of sp³-hybridized carbons (Fsp3) is 0.250. The molecule has 2 aromatic rings. The molecule has 0 saturated carbocycles. The van der Waals surface area contributed by atoms with Crippen molar-refractivity contribution in [1.82, 2.24) is 5.16 Å². The van der Waals surface area contributed by atoms with E-state index in [1.54, 1.807) is 13.3 Å². The van der Waals surface area contributed by atoms with E-state index in [2.05, 4.69) is 21.1 Å². The van der Waals surface area contributed by atoms with E-state index in [-0.39, 0.29) is 0 Å². The Labute approximate surface area is 108 Å². The summed E-state index contributed by atoms with van der Waals surface area (Å²) in [4.78, 5) is 0. The van der Waals surface area contributed by atoms with Crippen molar-refractivity contribution in [1.29, 1.82) is 0 Å². The summed E-state index contributed by atoms with van der Waals surface area (Å²) in [5.41, 5.74) is 9.71. The van der Waals surface area contributed by atoms with Crippen LogP contribution in [0.4, 0.5) is 5.88 Å². The first kappa shape index (κ1) is 12.0. The van der Waals surface area contributed by atoms with Gasteiger partial charge < -0.3 is 15.0 Å². The molecule has 0 unspecified atom stereocenters. The van der Waals surface area contributed by atoms with Crippen molar-refractivity contribution in [2.45, 2.75) is 13.8 Å². The molecule has 2 rings (SSSR count). The molecule has 0 radical (unpaired) electrons. The lowest BCUT2D eigenvalue weighted by Crippen LogP contribution is -1.95. The first-order valence-corrected chi connectivity index (χ1v) is 5.89. The quantitative estimate of drug-likeness (QED) is 0.923. The summed E-state index contributed by atoms with van der Waals surface area (Å²) in [5.74, 6) is 1.13. The van der Waals surface area contributed by atoms with Gasteiger partial charge in [-0.1, -0.05) is 5.16 Å². The summed E-state index contributed by atoms with van der Waals surface area (Å²) < 4.78 is 11.1. The first-order valence-electron chi connectivity index (χ1n) is 5.10. The molecule has 0 atom stereocenters. The van der Waals surface area contributed by atoms with Crippen molar-refractivity contribution in [3.8, 4) is 16.9 Å². The van der Waals surface area contributed by atoms with Gasteiger partial charge in [0.2, 0.25) is 5.88 Å². The molecule has 0 aliphatic heterocycles. The maximum Gasteiger partial charge on any atom is 0.229 e. The zero-order valence-electron chi connectivity index (χ0n) is 9.87. The van der Waals surface area contributed by atoms with Gasteiger partial charge >= 0.3 is 0 Å². The molecule has 17 heavy (non-hydrogen) atoms. The normalized spacial score (nSPS) is 10.6. The van der Waals surface area contributed by atoms with E-state index in [0.29, 0.717) is 5.88 Å². The number of nitrogen functional groups attached to an aromatic ring is 1. The minimum Gasteiger partial charge on any atom is -0.496 e. The second kappa shape index (κ2) is 4.41. The number of ether oxygens (including phenoxy) is 1.